The minimum atomic E-state index is -0.272. The fourth-order valence-corrected chi connectivity index (χ4v) is 3.19. The van der Waals surface area contributed by atoms with Crippen molar-refractivity contribution in [2.75, 3.05) is 13.7 Å². The average Bonchev–Trinajstić information content (AvgIpc) is 2.42. The predicted molar refractivity (Wildman–Crippen MR) is 80.9 cm³/mol. The van der Waals surface area contributed by atoms with Gasteiger partial charge in [-0.15, -0.1) is 0 Å². The van der Waals surface area contributed by atoms with Crippen molar-refractivity contribution in [3.63, 3.8) is 0 Å². The van der Waals surface area contributed by atoms with Crippen LogP contribution in [0, 0.1) is 5.92 Å². The van der Waals surface area contributed by atoms with E-state index in [9.17, 15) is 4.79 Å². The molecule has 2 rings (SSSR count). The number of benzene rings is 1. The number of nitrogens with zero attached hydrogens (tertiary/aromatic N) is 1. The van der Waals surface area contributed by atoms with Gasteiger partial charge in [-0.1, -0.05) is 12.1 Å². The first kappa shape index (κ1) is 15.0. The summed E-state index contributed by atoms with van der Waals surface area (Å²) in [4.78, 5) is 13.9. The van der Waals surface area contributed by atoms with E-state index in [1.807, 2.05) is 24.3 Å². The fraction of sp³-hybridized carbons (Fsp3) is 0.588. The molecule has 1 fully saturated rings. The van der Waals surface area contributed by atoms with Crippen molar-refractivity contribution >= 4 is 5.97 Å². The molecule has 0 radical (unpaired) electrons. The Morgan fingerprint density at radius 3 is 2.40 bits per heavy atom. The third-order valence-corrected chi connectivity index (χ3v) is 4.64. The lowest BCUT2D eigenvalue weighted by atomic mass is 9.72. The molecule has 0 amide bonds. The molecule has 1 heterocycles. The van der Waals surface area contributed by atoms with Crippen LogP contribution >= 0.6 is 0 Å². The highest BCUT2D eigenvalue weighted by molar-refractivity contribution is 5.89. The Hall–Kier alpha value is -1.35. The van der Waals surface area contributed by atoms with E-state index in [2.05, 4.69) is 32.6 Å². The van der Waals surface area contributed by atoms with E-state index >= 15 is 0 Å². The number of carbonyl (C=O) groups excluding carboxylic acids is 1. The molecule has 1 unspecified atom stereocenters. The summed E-state index contributed by atoms with van der Waals surface area (Å²) in [7, 11) is 1.41. The first-order valence-electron chi connectivity index (χ1n) is 7.30. The molecule has 3 nitrogen and oxygen atoms in total. The first-order chi connectivity index (χ1) is 9.36. The van der Waals surface area contributed by atoms with Crippen molar-refractivity contribution in [1.82, 2.24) is 4.90 Å². The van der Waals surface area contributed by atoms with Gasteiger partial charge in [0.2, 0.25) is 0 Å². The number of likely N-dealkylation sites (tertiary alicyclic amines) is 1. The van der Waals surface area contributed by atoms with Gasteiger partial charge < -0.3 is 4.74 Å². The van der Waals surface area contributed by atoms with Crippen LogP contribution in [0.15, 0.2) is 24.3 Å². The van der Waals surface area contributed by atoms with Crippen LogP contribution in [0.1, 0.15) is 43.6 Å². The van der Waals surface area contributed by atoms with E-state index in [4.69, 9.17) is 4.74 Å². The highest BCUT2D eigenvalue weighted by atomic mass is 16.5. The number of hydrogen-bond acceptors (Lipinski definition) is 3. The molecule has 1 aromatic rings. The molecule has 0 aromatic heterocycles. The lowest BCUT2D eigenvalue weighted by Gasteiger charge is -2.57. The number of hydrogen-bond donors (Lipinski definition) is 0. The minimum absolute atomic E-state index is 0.259. The number of rotatable bonds is 4. The Labute approximate surface area is 121 Å². The van der Waals surface area contributed by atoms with Crippen molar-refractivity contribution in [2.24, 2.45) is 5.92 Å². The molecule has 0 aliphatic carbocycles. The molecule has 1 aliphatic rings. The summed E-state index contributed by atoms with van der Waals surface area (Å²) in [5.41, 5.74) is 2.17. The van der Waals surface area contributed by atoms with Gasteiger partial charge in [-0.25, -0.2) is 4.79 Å². The number of esters is 1. The second-order valence-corrected chi connectivity index (χ2v) is 6.49. The molecule has 1 aromatic carbocycles. The van der Waals surface area contributed by atoms with Gasteiger partial charge in [0.25, 0.3) is 0 Å². The van der Waals surface area contributed by atoms with E-state index < -0.39 is 0 Å². The minimum Gasteiger partial charge on any atom is -0.465 e. The van der Waals surface area contributed by atoms with Crippen LogP contribution in [0.2, 0.25) is 0 Å². The summed E-state index contributed by atoms with van der Waals surface area (Å²) in [6, 6.07) is 8.39. The molecule has 1 saturated heterocycles. The van der Waals surface area contributed by atoms with E-state index in [1.165, 1.54) is 12.7 Å². The highest BCUT2D eigenvalue weighted by Crippen LogP contribution is 2.39. The summed E-state index contributed by atoms with van der Waals surface area (Å²) in [5.74, 6) is 0.403. The first-order valence-corrected chi connectivity index (χ1v) is 7.30. The van der Waals surface area contributed by atoms with Gasteiger partial charge in [0.1, 0.15) is 0 Å². The highest BCUT2D eigenvalue weighted by Gasteiger charge is 2.46. The normalized spacial score (nSPS) is 21.6. The Morgan fingerprint density at radius 2 is 1.95 bits per heavy atom. The van der Waals surface area contributed by atoms with Crippen LogP contribution < -0.4 is 0 Å². The van der Waals surface area contributed by atoms with E-state index in [0.717, 1.165) is 13.0 Å². The SMILES string of the molecule is COC(=O)c1ccc(CC2CN(C(C)C)C2(C)C)cc1. The van der Waals surface area contributed by atoms with Crippen LogP contribution in [0.25, 0.3) is 0 Å². The maximum absolute atomic E-state index is 11.4. The average molecular weight is 275 g/mol. The van der Waals surface area contributed by atoms with Crippen molar-refractivity contribution in [3.8, 4) is 0 Å². The molecular weight excluding hydrogens is 250 g/mol. The molecule has 0 spiro atoms. The lowest BCUT2D eigenvalue weighted by Crippen LogP contribution is -2.66. The molecule has 1 atom stereocenters. The van der Waals surface area contributed by atoms with Gasteiger partial charge in [-0.3, -0.25) is 4.90 Å². The van der Waals surface area contributed by atoms with Crippen molar-refractivity contribution in [2.45, 2.75) is 45.7 Å². The van der Waals surface area contributed by atoms with Crippen LogP contribution in [0.4, 0.5) is 0 Å². The summed E-state index contributed by atoms with van der Waals surface area (Å²) in [6.45, 7) is 10.3. The third kappa shape index (κ3) is 2.73. The molecule has 3 heteroatoms. The van der Waals surface area contributed by atoms with Crippen molar-refractivity contribution in [3.05, 3.63) is 35.4 Å². The number of methoxy groups -OCH3 is 1. The lowest BCUT2D eigenvalue weighted by molar-refractivity contribution is -0.0776. The van der Waals surface area contributed by atoms with E-state index in [-0.39, 0.29) is 11.5 Å². The van der Waals surface area contributed by atoms with E-state index in [1.54, 1.807) is 0 Å². The zero-order valence-electron chi connectivity index (χ0n) is 13.1. The Morgan fingerprint density at radius 1 is 1.35 bits per heavy atom. The summed E-state index contributed by atoms with van der Waals surface area (Å²) < 4.78 is 4.72. The zero-order valence-corrected chi connectivity index (χ0v) is 13.1. The quantitative estimate of drug-likeness (QED) is 0.791. The molecule has 1 aliphatic heterocycles. The predicted octanol–water partition coefficient (Wildman–Crippen LogP) is 3.13. The monoisotopic (exact) mass is 275 g/mol. The topological polar surface area (TPSA) is 29.5 Å². The van der Waals surface area contributed by atoms with Crippen LogP contribution in [-0.2, 0) is 11.2 Å². The largest absolute Gasteiger partial charge is 0.465 e. The Balaban J connectivity index is 2.00. The van der Waals surface area contributed by atoms with Crippen molar-refractivity contribution in [1.29, 1.82) is 0 Å². The van der Waals surface area contributed by atoms with Crippen molar-refractivity contribution < 1.29 is 9.53 Å². The number of ether oxygens (including phenoxy) is 1. The van der Waals surface area contributed by atoms with Crippen LogP contribution in [0.3, 0.4) is 0 Å². The zero-order chi connectivity index (χ0) is 14.9. The van der Waals surface area contributed by atoms with Crippen LogP contribution in [-0.4, -0.2) is 36.1 Å². The van der Waals surface area contributed by atoms with Gasteiger partial charge in [-0.05, 0) is 57.7 Å². The maximum atomic E-state index is 11.4. The maximum Gasteiger partial charge on any atom is 0.337 e. The van der Waals surface area contributed by atoms with Gasteiger partial charge in [-0.2, -0.15) is 0 Å². The van der Waals surface area contributed by atoms with E-state index in [0.29, 0.717) is 17.5 Å². The van der Waals surface area contributed by atoms with Gasteiger partial charge in [0.05, 0.1) is 12.7 Å². The standard InChI is InChI=1S/C17H25NO2/c1-12(2)18-11-15(17(18,3)4)10-13-6-8-14(9-7-13)16(19)20-5/h6-9,12,15H,10-11H2,1-5H3. The van der Waals surface area contributed by atoms with Gasteiger partial charge >= 0.3 is 5.97 Å². The smallest absolute Gasteiger partial charge is 0.337 e. The molecular formula is C17H25NO2. The van der Waals surface area contributed by atoms with Gasteiger partial charge in [0.15, 0.2) is 0 Å². The summed E-state index contributed by atoms with van der Waals surface area (Å²) >= 11 is 0. The van der Waals surface area contributed by atoms with Gasteiger partial charge in [0, 0.05) is 18.1 Å². The molecule has 0 bridgehead atoms. The summed E-state index contributed by atoms with van der Waals surface area (Å²) in [6.07, 6.45) is 1.07. The second kappa shape index (κ2) is 5.57. The molecule has 110 valence electrons. The third-order valence-electron chi connectivity index (χ3n) is 4.64. The van der Waals surface area contributed by atoms with Crippen LogP contribution in [0.5, 0.6) is 0 Å². The second-order valence-electron chi connectivity index (χ2n) is 6.49. The number of carbonyl (C=O) groups is 1. The summed E-state index contributed by atoms with van der Waals surface area (Å²) in [5, 5.41) is 0. The molecule has 0 saturated carbocycles. The Kier molecular flexibility index (Phi) is 4.19. The fourth-order valence-electron chi connectivity index (χ4n) is 3.19. The molecule has 0 N–H and O–H groups in total. The Bertz CT molecular complexity index is 476. The molecule has 20 heavy (non-hydrogen) atoms.